The summed E-state index contributed by atoms with van der Waals surface area (Å²) in [6, 6.07) is 4.26. The van der Waals surface area contributed by atoms with Crippen LogP contribution >= 0.6 is 11.8 Å². The van der Waals surface area contributed by atoms with Gasteiger partial charge >= 0.3 is 0 Å². The monoisotopic (exact) mass is 265 g/mol. The fraction of sp³-hybridized carbons (Fsp3) is 0.643. The van der Waals surface area contributed by atoms with Crippen LogP contribution in [-0.4, -0.2) is 40.5 Å². The van der Waals surface area contributed by atoms with Crippen molar-refractivity contribution in [1.29, 1.82) is 0 Å². The minimum absolute atomic E-state index is 0.434. The molecular weight excluding hydrogens is 242 g/mol. The minimum Gasteiger partial charge on any atom is -0.373 e. The fourth-order valence-electron chi connectivity index (χ4n) is 2.19. The summed E-state index contributed by atoms with van der Waals surface area (Å²) in [5.41, 5.74) is 1.35. The minimum atomic E-state index is 0.434. The normalized spacial score (nSPS) is 20.4. The van der Waals surface area contributed by atoms with Crippen molar-refractivity contribution in [2.75, 3.05) is 31.2 Å². The Labute approximate surface area is 114 Å². The molecule has 0 spiro atoms. The van der Waals surface area contributed by atoms with E-state index in [0.29, 0.717) is 4.75 Å². The Morgan fingerprint density at radius 1 is 1.44 bits per heavy atom. The maximum atomic E-state index is 4.26. The maximum Gasteiger partial charge on any atom is 0.125 e. The van der Waals surface area contributed by atoms with Crippen LogP contribution in [0.1, 0.15) is 25.8 Å². The highest BCUT2D eigenvalue weighted by Crippen LogP contribution is 2.31. The number of aromatic nitrogens is 1. The Bertz CT molecular complexity index is 392. The van der Waals surface area contributed by atoms with Gasteiger partial charge in [0, 0.05) is 36.8 Å². The van der Waals surface area contributed by atoms with Gasteiger partial charge in [-0.3, -0.25) is 4.90 Å². The predicted molar refractivity (Wildman–Crippen MR) is 80.2 cm³/mol. The van der Waals surface area contributed by atoms with Crippen LogP contribution in [0.15, 0.2) is 18.3 Å². The van der Waals surface area contributed by atoms with Gasteiger partial charge in [-0.15, -0.1) is 0 Å². The summed E-state index contributed by atoms with van der Waals surface area (Å²) in [6.45, 7) is 8.12. The zero-order valence-corrected chi connectivity index (χ0v) is 12.4. The number of anilines is 1. The van der Waals surface area contributed by atoms with Crippen molar-refractivity contribution in [3.8, 4) is 0 Å². The Morgan fingerprint density at radius 2 is 2.28 bits per heavy atom. The molecule has 4 heteroatoms. The van der Waals surface area contributed by atoms with Gasteiger partial charge in [-0.1, -0.05) is 13.8 Å². The number of hydrogen-bond donors (Lipinski definition) is 1. The maximum absolute atomic E-state index is 4.26. The summed E-state index contributed by atoms with van der Waals surface area (Å²) in [7, 11) is 1.91. The molecule has 0 amide bonds. The van der Waals surface area contributed by atoms with Crippen molar-refractivity contribution in [2.24, 2.45) is 0 Å². The molecule has 1 aromatic rings. The molecular formula is C14H23N3S. The molecule has 1 aliphatic rings. The Balaban J connectivity index is 1.96. The molecule has 1 aliphatic heterocycles. The molecule has 2 rings (SSSR count). The van der Waals surface area contributed by atoms with Gasteiger partial charge in [0.15, 0.2) is 0 Å². The van der Waals surface area contributed by atoms with Crippen LogP contribution < -0.4 is 5.32 Å². The number of hydrogen-bond acceptors (Lipinski definition) is 4. The van der Waals surface area contributed by atoms with Crippen LogP contribution in [0.5, 0.6) is 0 Å². The van der Waals surface area contributed by atoms with E-state index < -0.39 is 0 Å². The van der Waals surface area contributed by atoms with E-state index in [4.69, 9.17) is 0 Å². The first kappa shape index (κ1) is 13.7. The third-order valence-electron chi connectivity index (χ3n) is 3.42. The topological polar surface area (TPSA) is 28.2 Å². The van der Waals surface area contributed by atoms with Crippen molar-refractivity contribution in [3.05, 3.63) is 23.9 Å². The first-order valence-electron chi connectivity index (χ1n) is 6.58. The van der Waals surface area contributed by atoms with Gasteiger partial charge in [0.25, 0.3) is 0 Å². The highest BCUT2D eigenvalue weighted by atomic mass is 32.2. The third kappa shape index (κ3) is 3.89. The van der Waals surface area contributed by atoms with Crippen LogP contribution in [0.4, 0.5) is 5.82 Å². The van der Waals surface area contributed by atoms with E-state index in [1.54, 1.807) is 0 Å². The van der Waals surface area contributed by atoms with Gasteiger partial charge < -0.3 is 5.32 Å². The van der Waals surface area contributed by atoms with E-state index >= 15 is 0 Å². The summed E-state index contributed by atoms with van der Waals surface area (Å²) < 4.78 is 0.434. The molecule has 0 radical (unpaired) electrons. The van der Waals surface area contributed by atoms with Gasteiger partial charge in [-0.2, -0.15) is 11.8 Å². The van der Waals surface area contributed by atoms with Crippen molar-refractivity contribution in [2.45, 2.75) is 31.6 Å². The van der Waals surface area contributed by atoms with E-state index in [1.807, 2.05) is 13.2 Å². The van der Waals surface area contributed by atoms with Gasteiger partial charge in [0.05, 0.1) is 0 Å². The first-order valence-corrected chi connectivity index (χ1v) is 7.57. The van der Waals surface area contributed by atoms with Gasteiger partial charge in [-0.25, -0.2) is 4.98 Å². The third-order valence-corrected chi connectivity index (χ3v) is 4.79. The van der Waals surface area contributed by atoms with E-state index in [1.165, 1.54) is 30.8 Å². The van der Waals surface area contributed by atoms with Crippen molar-refractivity contribution < 1.29 is 0 Å². The number of pyridine rings is 1. The molecule has 0 bridgehead atoms. The smallest absolute Gasteiger partial charge is 0.125 e. The molecule has 100 valence electrons. The van der Waals surface area contributed by atoms with Crippen LogP contribution in [0.3, 0.4) is 0 Å². The highest BCUT2D eigenvalue weighted by Gasteiger charge is 2.23. The summed E-state index contributed by atoms with van der Waals surface area (Å²) in [5, 5.41) is 3.10. The molecule has 0 aliphatic carbocycles. The van der Waals surface area contributed by atoms with Crippen molar-refractivity contribution in [1.82, 2.24) is 9.88 Å². The quantitative estimate of drug-likeness (QED) is 0.909. The molecule has 0 saturated carbocycles. The number of nitrogens with zero attached hydrogens (tertiary/aromatic N) is 2. The number of rotatable bonds is 3. The SMILES string of the molecule is CNc1cc(CN2CCSC(C)(C)CC2)ccn1. The zero-order chi connectivity index (χ0) is 13.0. The lowest BCUT2D eigenvalue weighted by atomic mass is 10.1. The average molecular weight is 265 g/mol. The largest absolute Gasteiger partial charge is 0.373 e. The summed E-state index contributed by atoms with van der Waals surface area (Å²) in [4.78, 5) is 6.81. The van der Waals surface area contributed by atoms with Crippen molar-refractivity contribution in [3.63, 3.8) is 0 Å². The van der Waals surface area contributed by atoms with E-state index in [9.17, 15) is 0 Å². The van der Waals surface area contributed by atoms with Gasteiger partial charge in [-0.05, 0) is 30.7 Å². The Morgan fingerprint density at radius 3 is 3.06 bits per heavy atom. The second-order valence-electron chi connectivity index (χ2n) is 5.43. The predicted octanol–water partition coefficient (Wildman–Crippen LogP) is 2.84. The van der Waals surface area contributed by atoms with Crippen LogP contribution in [0, 0.1) is 0 Å². The lowest BCUT2D eigenvalue weighted by Crippen LogP contribution is -2.26. The number of thioether (sulfide) groups is 1. The molecule has 2 heterocycles. The molecule has 0 aromatic carbocycles. The lowest BCUT2D eigenvalue weighted by Gasteiger charge is -2.22. The second kappa shape index (κ2) is 5.93. The van der Waals surface area contributed by atoms with Crippen LogP contribution in [0.25, 0.3) is 0 Å². The fourth-order valence-corrected chi connectivity index (χ4v) is 3.33. The summed E-state index contributed by atoms with van der Waals surface area (Å²) in [5.74, 6) is 2.19. The molecule has 3 nitrogen and oxygen atoms in total. The van der Waals surface area contributed by atoms with E-state index in [2.05, 4.69) is 52.9 Å². The highest BCUT2D eigenvalue weighted by molar-refractivity contribution is 8.00. The van der Waals surface area contributed by atoms with E-state index in [-0.39, 0.29) is 0 Å². The van der Waals surface area contributed by atoms with Gasteiger partial charge in [0.2, 0.25) is 0 Å². The molecule has 0 atom stereocenters. The molecule has 1 saturated heterocycles. The first-order chi connectivity index (χ1) is 8.59. The average Bonchev–Trinajstić information content (AvgIpc) is 2.51. The molecule has 18 heavy (non-hydrogen) atoms. The van der Waals surface area contributed by atoms with Crippen LogP contribution in [-0.2, 0) is 6.54 Å². The molecule has 1 fully saturated rings. The lowest BCUT2D eigenvalue weighted by molar-refractivity contribution is 0.276. The summed E-state index contributed by atoms with van der Waals surface area (Å²) in [6.07, 6.45) is 3.15. The Kier molecular flexibility index (Phi) is 4.51. The van der Waals surface area contributed by atoms with Gasteiger partial charge in [0.1, 0.15) is 5.82 Å². The molecule has 0 unspecified atom stereocenters. The second-order valence-corrected chi connectivity index (χ2v) is 7.24. The zero-order valence-electron chi connectivity index (χ0n) is 11.6. The Hall–Kier alpha value is -0.740. The standard InChI is InChI=1S/C14H23N3S/c1-14(2)5-7-17(8-9-18-14)11-12-4-6-16-13(10-12)15-3/h4,6,10H,5,7-9,11H2,1-3H3,(H,15,16). The molecule has 1 N–H and O–H groups in total. The molecule has 1 aromatic heterocycles. The van der Waals surface area contributed by atoms with Crippen LogP contribution in [0.2, 0.25) is 0 Å². The number of nitrogens with one attached hydrogen (secondary N) is 1. The van der Waals surface area contributed by atoms with Crippen molar-refractivity contribution >= 4 is 17.6 Å². The van der Waals surface area contributed by atoms with E-state index in [0.717, 1.165) is 12.4 Å². The summed E-state index contributed by atoms with van der Waals surface area (Å²) >= 11 is 2.10.